The van der Waals surface area contributed by atoms with Crippen molar-refractivity contribution >= 4 is 17.7 Å². The largest absolute Gasteiger partial charge is 0.496 e. The first kappa shape index (κ1) is 13.9. The summed E-state index contributed by atoms with van der Waals surface area (Å²) in [5, 5.41) is 8.77. The molecule has 0 aliphatic heterocycles. The molecule has 0 amide bonds. The molecule has 1 unspecified atom stereocenters. The highest BCUT2D eigenvalue weighted by atomic mass is 32.2. The van der Waals surface area contributed by atoms with Crippen LogP contribution in [-0.2, 0) is 4.79 Å². The Kier molecular flexibility index (Phi) is 4.84. The maximum absolute atomic E-state index is 10.7. The van der Waals surface area contributed by atoms with Crippen molar-refractivity contribution in [2.75, 3.05) is 13.4 Å². The Labute approximate surface area is 105 Å². The molecular weight excluding hydrogens is 238 g/mol. The molecule has 0 aliphatic rings. The van der Waals surface area contributed by atoms with Gasteiger partial charge in [0.25, 0.3) is 0 Å². The van der Waals surface area contributed by atoms with E-state index in [4.69, 9.17) is 15.6 Å². The first-order chi connectivity index (χ1) is 7.99. The fourth-order valence-corrected chi connectivity index (χ4v) is 2.40. The lowest BCUT2D eigenvalue weighted by molar-refractivity contribution is -0.137. The van der Waals surface area contributed by atoms with Gasteiger partial charge in [-0.15, -0.1) is 11.8 Å². The van der Waals surface area contributed by atoms with Gasteiger partial charge in [-0.1, -0.05) is 0 Å². The molecule has 4 nitrogen and oxygen atoms in total. The molecule has 0 saturated carbocycles. The van der Waals surface area contributed by atoms with Gasteiger partial charge in [0, 0.05) is 10.9 Å². The fraction of sp³-hybridized carbons (Fsp3) is 0.417. The van der Waals surface area contributed by atoms with Crippen molar-refractivity contribution in [3.05, 3.63) is 23.3 Å². The number of carbonyl (C=O) groups is 1. The first-order valence-electron chi connectivity index (χ1n) is 5.19. The van der Waals surface area contributed by atoms with Crippen LogP contribution in [0, 0.1) is 6.92 Å². The van der Waals surface area contributed by atoms with E-state index in [0.29, 0.717) is 0 Å². The highest BCUT2D eigenvalue weighted by Crippen LogP contribution is 2.32. The zero-order valence-corrected chi connectivity index (χ0v) is 11.0. The average molecular weight is 255 g/mol. The Hall–Kier alpha value is -1.20. The van der Waals surface area contributed by atoms with Crippen molar-refractivity contribution < 1.29 is 14.6 Å². The normalized spacial score (nSPS) is 12.2. The number of benzene rings is 1. The van der Waals surface area contributed by atoms with E-state index >= 15 is 0 Å². The lowest BCUT2D eigenvalue weighted by atomic mass is 10.0. The molecule has 1 rings (SSSR count). The predicted octanol–water partition coefficient (Wildman–Crippen LogP) is 2.20. The van der Waals surface area contributed by atoms with Gasteiger partial charge in [0.2, 0.25) is 0 Å². The van der Waals surface area contributed by atoms with Gasteiger partial charge in [-0.05, 0) is 36.4 Å². The van der Waals surface area contributed by atoms with Crippen LogP contribution in [0.15, 0.2) is 17.0 Å². The number of thioether (sulfide) groups is 1. The van der Waals surface area contributed by atoms with Gasteiger partial charge in [-0.25, -0.2) is 0 Å². The summed E-state index contributed by atoms with van der Waals surface area (Å²) in [5.41, 5.74) is 7.73. The predicted molar refractivity (Wildman–Crippen MR) is 68.7 cm³/mol. The van der Waals surface area contributed by atoms with Crippen molar-refractivity contribution in [2.24, 2.45) is 5.73 Å². The minimum absolute atomic E-state index is 0.0836. The zero-order valence-electron chi connectivity index (χ0n) is 10.2. The van der Waals surface area contributed by atoms with Crippen molar-refractivity contribution in [3.8, 4) is 5.75 Å². The van der Waals surface area contributed by atoms with Crippen LogP contribution in [0.5, 0.6) is 5.75 Å². The van der Waals surface area contributed by atoms with Crippen LogP contribution in [0.1, 0.15) is 23.6 Å². The topological polar surface area (TPSA) is 72.5 Å². The van der Waals surface area contributed by atoms with E-state index in [1.807, 2.05) is 25.3 Å². The van der Waals surface area contributed by atoms with Crippen LogP contribution < -0.4 is 10.5 Å². The lowest BCUT2D eigenvalue weighted by Gasteiger charge is -2.16. The minimum atomic E-state index is -0.899. The standard InChI is InChI=1S/C12H17NO3S/c1-7-4-11(17-3)8(5-10(7)16-2)9(13)6-12(14)15/h4-5,9H,6,13H2,1-3H3,(H,14,15). The highest BCUT2D eigenvalue weighted by Gasteiger charge is 2.16. The van der Waals surface area contributed by atoms with Gasteiger partial charge in [0.1, 0.15) is 5.75 Å². The third kappa shape index (κ3) is 3.38. The minimum Gasteiger partial charge on any atom is -0.496 e. The molecule has 94 valence electrons. The van der Waals surface area contributed by atoms with Crippen LogP contribution in [0.4, 0.5) is 0 Å². The molecule has 1 aromatic carbocycles. The van der Waals surface area contributed by atoms with E-state index in [2.05, 4.69) is 0 Å². The Bertz CT molecular complexity index is 420. The molecule has 5 heteroatoms. The monoisotopic (exact) mass is 255 g/mol. The summed E-state index contributed by atoms with van der Waals surface area (Å²) in [6, 6.07) is 3.29. The molecule has 1 aromatic rings. The molecule has 0 aliphatic carbocycles. The van der Waals surface area contributed by atoms with Crippen LogP contribution in [0.2, 0.25) is 0 Å². The molecule has 1 atom stereocenters. The van der Waals surface area contributed by atoms with Crippen molar-refractivity contribution in [3.63, 3.8) is 0 Å². The summed E-state index contributed by atoms with van der Waals surface area (Å²) in [6.45, 7) is 1.95. The Morgan fingerprint density at radius 1 is 1.59 bits per heavy atom. The van der Waals surface area contributed by atoms with E-state index in [1.165, 1.54) is 0 Å². The smallest absolute Gasteiger partial charge is 0.305 e. The van der Waals surface area contributed by atoms with Gasteiger partial charge < -0.3 is 15.6 Å². The number of ether oxygens (including phenoxy) is 1. The second-order valence-electron chi connectivity index (χ2n) is 3.77. The van der Waals surface area contributed by atoms with Crippen molar-refractivity contribution in [2.45, 2.75) is 24.3 Å². The van der Waals surface area contributed by atoms with Gasteiger partial charge in [-0.2, -0.15) is 0 Å². The Balaban J connectivity index is 3.15. The number of hydrogen-bond donors (Lipinski definition) is 2. The van der Waals surface area contributed by atoms with Gasteiger partial charge in [0.05, 0.1) is 13.5 Å². The number of methoxy groups -OCH3 is 1. The zero-order chi connectivity index (χ0) is 13.0. The van der Waals surface area contributed by atoms with Crippen molar-refractivity contribution in [1.82, 2.24) is 0 Å². The van der Waals surface area contributed by atoms with Gasteiger partial charge >= 0.3 is 5.97 Å². The summed E-state index contributed by atoms with van der Waals surface area (Å²) < 4.78 is 5.23. The van der Waals surface area contributed by atoms with E-state index in [9.17, 15) is 4.79 Å². The number of nitrogens with two attached hydrogens (primary N) is 1. The molecule has 0 radical (unpaired) electrons. The van der Waals surface area contributed by atoms with Gasteiger partial charge in [-0.3, -0.25) is 4.79 Å². The maximum Gasteiger partial charge on any atom is 0.305 e. The summed E-state index contributed by atoms with van der Waals surface area (Å²) >= 11 is 1.56. The lowest BCUT2D eigenvalue weighted by Crippen LogP contribution is -2.16. The van der Waals surface area contributed by atoms with Crippen LogP contribution in [-0.4, -0.2) is 24.4 Å². The summed E-state index contributed by atoms with van der Waals surface area (Å²) in [7, 11) is 1.59. The molecule has 0 spiro atoms. The highest BCUT2D eigenvalue weighted by molar-refractivity contribution is 7.98. The van der Waals surface area contributed by atoms with Crippen LogP contribution >= 0.6 is 11.8 Å². The number of carboxylic acids is 1. The van der Waals surface area contributed by atoms with Gasteiger partial charge in [0.15, 0.2) is 0 Å². The Morgan fingerprint density at radius 2 is 2.24 bits per heavy atom. The third-order valence-electron chi connectivity index (χ3n) is 2.54. The Morgan fingerprint density at radius 3 is 2.71 bits per heavy atom. The molecule has 0 bridgehead atoms. The molecule has 0 fully saturated rings. The molecule has 0 heterocycles. The second-order valence-corrected chi connectivity index (χ2v) is 4.62. The molecule has 17 heavy (non-hydrogen) atoms. The van der Waals surface area contributed by atoms with E-state index in [0.717, 1.165) is 21.8 Å². The molecule has 0 aromatic heterocycles. The van der Waals surface area contributed by atoms with Crippen LogP contribution in [0.25, 0.3) is 0 Å². The first-order valence-corrected chi connectivity index (χ1v) is 6.42. The van der Waals surface area contributed by atoms with E-state index in [-0.39, 0.29) is 6.42 Å². The number of carboxylic acid groups (broad SMARTS) is 1. The third-order valence-corrected chi connectivity index (χ3v) is 3.33. The fourth-order valence-electron chi connectivity index (χ4n) is 1.66. The summed E-state index contributed by atoms with van der Waals surface area (Å²) in [6.07, 6.45) is 1.86. The molecule has 3 N–H and O–H groups in total. The van der Waals surface area contributed by atoms with E-state index < -0.39 is 12.0 Å². The maximum atomic E-state index is 10.7. The average Bonchev–Trinajstić information content (AvgIpc) is 2.27. The number of aryl methyl sites for hydroxylation is 1. The molecular formula is C12H17NO3S. The van der Waals surface area contributed by atoms with Crippen molar-refractivity contribution in [1.29, 1.82) is 0 Å². The van der Waals surface area contributed by atoms with Crippen LogP contribution in [0.3, 0.4) is 0 Å². The summed E-state index contributed by atoms with van der Waals surface area (Å²) in [5.74, 6) is -0.164. The number of rotatable bonds is 5. The number of hydrogen-bond acceptors (Lipinski definition) is 4. The summed E-state index contributed by atoms with van der Waals surface area (Å²) in [4.78, 5) is 11.7. The number of aliphatic carboxylic acids is 1. The quantitative estimate of drug-likeness (QED) is 0.789. The van der Waals surface area contributed by atoms with E-state index in [1.54, 1.807) is 18.9 Å². The SMILES string of the molecule is COc1cc(C(N)CC(=O)O)c(SC)cc1C. The second kappa shape index (κ2) is 5.93. The molecule has 0 saturated heterocycles.